The highest BCUT2D eigenvalue weighted by molar-refractivity contribution is 5.75. The predicted octanol–water partition coefficient (Wildman–Crippen LogP) is 1.22. The van der Waals surface area contributed by atoms with E-state index in [9.17, 15) is 18.0 Å². The summed E-state index contributed by atoms with van der Waals surface area (Å²) in [5.74, 6) is -0.605. The smallest absolute Gasteiger partial charge is 0.389 e. The van der Waals surface area contributed by atoms with E-state index in [4.69, 9.17) is 5.11 Å². The first-order valence-corrected chi connectivity index (χ1v) is 4.81. The Balaban J connectivity index is 2.14. The van der Waals surface area contributed by atoms with Gasteiger partial charge in [-0.25, -0.2) is 0 Å². The number of aliphatic hydroxyl groups excluding tert-OH is 1. The highest BCUT2D eigenvalue weighted by Gasteiger charge is 2.42. The number of rotatable bonds is 5. The van der Waals surface area contributed by atoms with E-state index in [0.717, 1.165) is 12.8 Å². The summed E-state index contributed by atoms with van der Waals surface area (Å²) in [6.45, 7) is 0.257. The van der Waals surface area contributed by atoms with Crippen LogP contribution in [0, 0.1) is 5.41 Å². The molecule has 0 aromatic rings. The molecular weight excluding hydrogens is 211 g/mol. The third kappa shape index (κ3) is 4.51. The minimum atomic E-state index is -4.29. The van der Waals surface area contributed by atoms with Crippen molar-refractivity contribution in [1.29, 1.82) is 0 Å². The number of carbonyl (C=O) groups excluding carboxylic acids is 1. The molecule has 0 spiro atoms. The second-order valence-electron chi connectivity index (χ2n) is 4.05. The van der Waals surface area contributed by atoms with Crippen molar-refractivity contribution >= 4 is 5.91 Å². The third-order valence-electron chi connectivity index (χ3n) is 2.59. The van der Waals surface area contributed by atoms with Crippen LogP contribution in [0.2, 0.25) is 0 Å². The van der Waals surface area contributed by atoms with E-state index in [1.807, 2.05) is 0 Å². The Bertz CT molecular complexity index is 236. The highest BCUT2D eigenvalue weighted by Crippen LogP contribution is 2.44. The number of amides is 1. The molecule has 1 aliphatic rings. The predicted molar refractivity (Wildman–Crippen MR) is 47.1 cm³/mol. The summed E-state index contributed by atoms with van der Waals surface area (Å²) in [5, 5.41) is 11.3. The van der Waals surface area contributed by atoms with Gasteiger partial charge in [0.1, 0.15) is 0 Å². The molecule has 0 saturated heterocycles. The van der Waals surface area contributed by atoms with Gasteiger partial charge >= 0.3 is 6.18 Å². The molecule has 0 unspecified atom stereocenters. The second kappa shape index (κ2) is 4.38. The van der Waals surface area contributed by atoms with E-state index in [-0.39, 0.29) is 18.6 Å². The van der Waals surface area contributed by atoms with Gasteiger partial charge in [0.05, 0.1) is 13.0 Å². The Morgan fingerprint density at radius 1 is 1.40 bits per heavy atom. The monoisotopic (exact) mass is 225 g/mol. The number of alkyl halides is 3. The fourth-order valence-electron chi connectivity index (χ4n) is 1.20. The topological polar surface area (TPSA) is 49.3 Å². The van der Waals surface area contributed by atoms with Crippen molar-refractivity contribution in [3.05, 3.63) is 0 Å². The zero-order valence-corrected chi connectivity index (χ0v) is 8.23. The molecule has 3 nitrogen and oxygen atoms in total. The number of hydrogen-bond donors (Lipinski definition) is 2. The summed E-state index contributed by atoms with van der Waals surface area (Å²) >= 11 is 0. The SMILES string of the molecule is O=C(CCC(F)(F)F)NCC1(CO)CC1. The van der Waals surface area contributed by atoms with Crippen molar-refractivity contribution in [2.24, 2.45) is 5.41 Å². The number of aliphatic hydroxyl groups is 1. The fraction of sp³-hybridized carbons (Fsp3) is 0.889. The van der Waals surface area contributed by atoms with Gasteiger partial charge in [0.15, 0.2) is 0 Å². The molecule has 0 aromatic heterocycles. The summed E-state index contributed by atoms with van der Waals surface area (Å²) in [6, 6.07) is 0. The molecule has 88 valence electrons. The van der Waals surface area contributed by atoms with Gasteiger partial charge in [0.2, 0.25) is 5.91 Å². The lowest BCUT2D eigenvalue weighted by molar-refractivity contribution is -0.144. The maximum Gasteiger partial charge on any atom is 0.389 e. The molecule has 0 aliphatic heterocycles. The lowest BCUT2D eigenvalue weighted by Gasteiger charge is -2.13. The molecule has 0 atom stereocenters. The maximum absolute atomic E-state index is 11.7. The molecule has 2 N–H and O–H groups in total. The largest absolute Gasteiger partial charge is 0.396 e. The maximum atomic E-state index is 11.7. The lowest BCUT2D eigenvalue weighted by Crippen LogP contribution is -2.32. The summed E-state index contributed by atoms with van der Waals surface area (Å²) in [5.41, 5.74) is -0.256. The Labute approximate surface area is 85.7 Å². The third-order valence-corrected chi connectivity index (χ3v) is 2.59. The van der Waals surface area contributed by atoms with Gasteiger partial charge in [-0.3, -0.25) is 4.79 Å². The van der Waals surface area contributed by atoms with Crippen molar-refractivity contribution in [2.45, 2.75) is 31.9 Å². The highest BCUT2D eigenvalue weighted by atomic mass is 19.4. The normalized spacial score (nSPS) is 18.7. The van der Waals surface area contributed by atoms with Crippen LogP contribution in [0.5, 0.6) is 0 Å². The standard InChI is InChI=1S/C9H14F3NO2/c10-9(11,12)2-1-7(15)13-5-8(6-14)3-4-8/h14H,1-6H2,(H,13,15). The number of halogens is 3. The van der Waals surface area contributed by atoms with Crippen molar-refractivity contribution in [1.82, 2.24) is 5.32 Å². The zero-order valence-electron chi connectivity index (χ0n) is 8.23. The van der Waals surface area contributed by atoms with Crippen molar-refractivity contribution in [2.75, 3.05) is 13.2 Å². The Morgan fingerprint density at radius 3 is 2.40 bits per heavy atom. The van der Waals surface area contributed by atoms with E-state index in [1.165, 1.54) is 0 Å². The van der Waals surface area contributed by atoms with Gasteiger partial charge in [-0.15, -0.1) is 0 Å². The molecule has 15 heavy (non-hydrogen) atoms. The van der Waals surface area contributed by atoms with Gasteiger partial charge in [-0.05, 0) is 12.8 Å². The molecule has 6 heteroatoms. The quantitative estimate of drug-likeness (QED) is 0.739. The van der Waals surface area contributed by atoms with E-state index in [0.29, 0.717) is 0 Å². The first-order valence-electron chi connectivity index (χ1n) is 4.81. The van der Waals surface area contributed by atoms with Gasteiger partial charge in [0, 0.05) is 18.4 Å². The average molecular weight is 225 g/mol. The Kier molecular flexibility index (Phi) is 3.59. The molecule has 1 saturated carbocycles. The van der Waals surface area contributed by atoms with Crippen LogP contribution >= 0.6 is 0 Å². The first kappa shape index (κ1) is 12.3. The molecule has 0 heterocycles. The Morgan fingerprint density at radius 2 is 2.00 bits per heavy atom. The molecular formula is C9H14F3NO2. The molecule has 1 amide bonds. The number of hydrogen-bond acceptors (Lipinski definition) is 2. The summed E-state index contributed by atoms with van der Waals surface area (Å²) < 4.78 is 35.2. The van der Waals surface area contributed by atoms with Crippen LogP contribution in [0.4, 0.5) is 13.2 Å². The molecule has 1 aliphatic carbocycles. The van der Waals surface area contributed by atoms with Gasteiger partial charge < -0.3 is 10.4 Å². The van der Waals surface area contributed by atoms with Crippen molar-refractivity contribution in [3.63, 3.8) is 0 Å². The van der Waals surface area contributed by atoms with Gasteiger partial charge in [-0.1, -0.05) is 0 Å². The van der Waals surface area contributed by atoms with Crippen LogP contribution in [0.1, 0.15) is 25.7 Å². The van der Waals surface area contributed by atoms with Gasteiger partial charge in [0.25, 0.3) is 0 Å². The molecule has 1 rings (SSSR count). The molecule has 1 fully saturated rings. The second-order valence-corrected chi connectivity index (χ2v) is 4.05. The summed E-state index contributed by atoms with van der Waals surface area (Å²) in [7, 11) is 0. The molecule has 0 bridgehead atoms. The minimum Gasteiger partial charge on any atom is -0.396 e. The zero-order chi connectivity index (χ0) is 11.5. The van der Waals surface area contributed by atoms with Crippen LogP contribution in [0.3, 0.4) is 0 Å². The van der Waals surface area contributed by atoms with E-state index >= 15 is 0 Å². The first-order chi connectivity index (χ1) is 6.87. The van der Waals surface area contributed by atoms with Gasteiger partial charge in [-0.2, -0.15) is 13.2 Å². The van der Waals surface area contributed by atoms with Crippen LogP contribution in [-0.2, 0) is 4.79 Å². The average Bonchev–Trinajstić information content (AvgIpc) is 2.91. The number of nitrogens with one attached hydrogen (secondary N) is 1. The summed E-state index contributed by atoms with van der Waals surface area (Å²) in [6.07, 6.45) is -4.27. The lowest BCUT2D eigenvalue weighted by atomic mass is 10.1. The van der Waals surface area contributed by atoms with E-state index < -0.39 is 24.9 Å². The van der Waals surface area contributed by atoms with E-state index in [1.54, 1.807) is 0 Å². The van der Waals surface area contributed by atoms with Crippen molar-refractivity contribution < 1.29 is 23.1 Å². The molecule has 0 aromatic carbocycles. The van der Waals surface area contributed by atoms with Crippen LogP contribution < -0.4 is 5.32 Å². The fourth-order valence-corrected chi connectivity index (χ4v) is 1.20. The summed E-state index contributed by atoms with van der Waals surface area (Å²) in [4.78, 5) is 11.0. The van der Waals surface area contributed by atoms with Crippen LogP contribution in [-0.4, -0.2) is 30.3 Å². The minimum absolute atomic E-state index is 0.0213. The Hall–Kier alpha value is -0.780. The number of carbonyl (C=O) groups is 1. The van der Waals surface area contributed by atoms with Crippen LogP contribution in [0.15, 0.2) is 0 Å². The van der Waals surface area contributed by atoms with Crippen LogP contribution in [0.25, 0.3) is 0 Å². The van der Waals surface area contributed by atoms with Crippen molar-refractivity contribution in [3.8, 4) is 0 Å². The van der Waals surface area contributed by atoms with E-state index in [2.05, 4.69) is 5.32 Å². The molecule has 0 radical (unpaired) electrons.